The van der Waals surface area contributed by atoms with Crippen molar-refractivity contribution in [3.63, 3.8) is 0 Å². The molecule has 38 heavy (non-hydrogen) atoms. The Morgan fingerprint density at radius 3 is 2.26 bits per heavy atom. The number of carbonyl (C=O) groups is 2. The minimum Gasteiger partial charge on any atom is -0.354 e. The molecule has 0 saturated carbocycles. The second-order valence-corrected chi connectivity index (χ2v) is 11.3. The van der Waals surface area contributed by atoms with Gasteiger partial charge in [-0.15, -0.1) is 0 Å². The van der Waals surface area contributed by atoms with Crippen LogP contribution in [0.4, 0.5) is 5.69 Å². The van der Waals surface area contributed by atoms with Crippen LogP contribution in [-0.2, 0) is 26.2 Å². The van der Waals surface area contributed by atoms with Gasteiger partial charge in [0, 0.05) is 13.1 Å². The first kappa shape index (κ1) is 29.2. The Morgan fingerprint density at radius 1 is 0.947 bits per heavy atom. The molecule has 0 heterocycles. The molecule has 3 aromatic rings. The summed E-state index contributed by atoms with van der Waals surface area (Å²) in [5.41, 5.74) is 2.04. The van der Waals surface area contributed by atoms with Crippen LogP contribution < -0.4 is 9.62 Å². The highest BCUT2D eigenvalue weighted by atomic mass is 35.5. The van der Waals surface area contributed by atoms with Gasteiger partial charge < -0.3 is 10.2 Å². The number of amides is 2. The molecule has 0 fully saturated rings. The highest BCUT2D eigenvalue weighted by Crippen LogP contribution is 2.30. The lowest BCUT2D eigenvalue weighted by molar-refractivity contribution is -0.140. The minimum absolute atomic E-state index is 0.0330. The van der Waals surface area contributed by atoms with Crippen LogP contribution in [0.25, 0.3) is 0 Å². The number of anilines is 1. The molecule has 0 aliphatic heterocycles. The molecule has 3 rings (SSSR count). The molecule has 0 aromatic heterocycles. The number of para-hydroxylation sites is 1. The molecule has 0 radical (unpaired) electrons. The monoisotopic (exact) mass is 555 g/mol. The molecule has 3 aromatic carbocycles. The van der Waals surface area contributed by atoms with E-state index in [1.165, 1.54) is 17.0 Å². The van der Waals surface area contributed by atoms with E-state index in [1.807, 2.05) is 45.0 Å². The number of rotatable bonds is 12. The molecule has 202 valence electrons. The molecule has 0 bridgehead atoms. The number of carbonyl (C=O) groups excluding carboxylic acids is 2. The van der Waals surface area contributed by atoms with Crippen LogP contribution in [0.3, 0.4) is 0 Å². The largest absolute Gasteiger partial charge is 0.354 e. The van der Waals surface area contributed by atoms with Gasteiger partial charge in [-0.3, -0.25) is 13.9 Å². The molecule has 0 aliphatic rings. The zero-order chi connectivity index (χ0) is 27.7. The van der Waals surface area contributed by atoms with Gasteiger partial charge in [0.2, 0.25) is 11.8 Å². The standard InChI is InChI=1S/C29H34ClN3O4S/c1-4-18-31-29(35)26(5-2)32(20-23-13-11-12-22(3)19-23)28(34)21-33(27-17-10-9-16-25(27)30)38(36,37)24-14-7-6-8-15-24/h6-17,19,26H,4-5,18,20-21H2,1-3H3,(H,31,35). The van der Waals surface area contributed by atoms with Crippen LogP contribution in [0, 0.1) is 6.92 Å². The number of halogens is 1. The Morgan fingerprint density at radius 2 is 1.63 bits per heavy atom. The summed E-state index contributed by atoms with van der Waals surface area (Å²) in [4.78, 5) is 28.6. The highest BCUT2D eigenvalue weighted by Gasteiger charge is 2.34. The summed E-state index contributed by atoms with van der Waals surface area (Å²) >= 11 is 6.43. The molecular formula is C29H34ClN3O4S. The van der Waals surface area contributed by atoms with Gasteiger partial charge in [0.15, 0.2) is 0 Å². The predicted octanol–water partition coefficient (Wildman–Crippen LogP) is 5.18. The van der Waals surface area contributed by atoms with Crippen LogP contribution in [0.1, 0.15) is 37.8 Å². The molecule has 7 nitrogen and oxygen atoms in total. The van der Waals surface area contributed by atoms with E-state index in [-0.39, 0.29) is 28.1 Å². The fourth-order valence-corrected chi connectivity index (χ4v) is 5.92. The van der Waals surface area contributed by atoms with Crippen molar-refractivity contribution in [1.29, 1.82) is 0 Å². The summed E-state index contributed by atoms with van der Waals surface area (Å²) < 4.78 is 28.6. The SMILES string of the molecule is CCCNC(=O)C(CC)N(Cc1cccc(C)c1)C(=O)CN(c1ccccc1Cl)S(=O)(=O)c1ccccc1. The molecule has 0 saturated heterocycles. The molecule has 1 atom stereocenters. The van der Waals surface area contributed by atoms with Crippen molar-refractivity contribution < 1.29 is 18.0 Å². The summed E-state index contributed by atoms with van der Waals surface area (Å²) in [6.07, 6.45) is 1.12. The Bertz CT molecular complexity index is 1350. The first-order chi connectivity index (χ1) is 18.2. The van der Waals surface area contributed by atoms with Gasteiger partial charge in [-0.05, 0) is 49.6 Å². The third-order valence-electron chi connectivity index (χ3n) is 6.10. The average Bonchev–Trinajstić information content (AvgIpc) is 2.91. The first-order valence-corrected chi connectivity index (χ1v) is 14.5. The quantitative estimate of drug-likeness (QED) is 0.334. The lowest BCUT2D eigenvalue weighted by atomic mass is 10.1. The predicted molar refractivity (Wildman–Crippen MR) is 152 cm³/mol. The first-order valence-electron chi connectivity index (χ1n) is 12.6. The van der Waals surface area contributed by atoms with E-state index in [1.54, 1.807) is 42.5 Å². The smallest absolute Gasteiger partial charge is 0.264 e. The van der Waals surface area contributed by atoms with Crippen molar-refractivity contribution in [2.45, 2.75) is 51.1 Å². The average molecular weight is 556 g/mol. The van der Waals surface area contributed by atoms with Gasteiger partial charge in [0.25, 0.3) is 10.0 Å². The van der Waals surface area contributed by atoms with Crippen molar-refractivity contribution >= 4 is 39.1 Å². The van der Waals surface area contributed by atoms with Crippen molar-refractivity contribution in [2.24, 2.45) is 0 Å². The van der Waals surface area contributed by atoms with Gasteiger partial charge in [0.1, 0.15) is 12.6 Å². The van der Waals surface area contributed by atoms with Gasteiger partial charge in [-0.25, -0.2) is 8.42 Å². The van der Waals surface area contributed by atoms with E-state index in [2.05, 4.69) is 5.32 Å². The molecule has 1 N–H and O–H groups in total. The molecule has 0 aliphatic carbocycles. The van der Waals surface area contributed by atoms with E-state index in [0.717, 1.165) is 21.9 Å². The molecule has 9 heteroatoms. The number of sulfonamides is 1. The zero-order valence-corrected chi connectivity index (χ0v) is 23.5. The normalized spacial score (nSPS) is 12.0. The van der Waals surface area contributed by atoms with Crippen LogP contribution >= 0.6 is 11.6 Å². The van der Waals surface area contributed by atoms with Crippen molar-refractivity contribution in [2.75, 3.05) is 17.4 Å². The van der Waals surface area contributed by atoms with Crippen LogP contribution in [0.5, 0.6) is 0 Å². The Labute approximate surface area is 230 Å². The summed E-state index contributed by atoms with van der Waals surface area (Å²) in [5, 5.41) is 3.07. The minimum atomic E-state index is -4.15. The van der Waals surface area contributed by atoms with Gasteiger partial charge in [-0.2, -0.15) is 0 Å². The summed E-state index contributed by atoms with van der Waals surface area (Å²) in [6.45, 7) is 5.85. The fraction of sp³-hybridized carbons (Fsp3) is 0.310. The van der Waals surface area contributed by atoms with E-state index in [9.17, 15) is 18.0 Å². The maximum atomic E-state index is 14.0. The molecule has 2 amide bonds. The van der Waals surface area contributed by atoms with Gasteiger partial charge in [0.05, 0.1) is 15.6 Å². The molecule has 0 spiro atoms. The Hall–Kier alpha value is -3.36. The Kier molecular flexibility index (Phi) is 10.3. The van der Waals surface area contributed by atoms with Crippen LogP contribution in [0.2, 0.25) is 5.02 Å². The van der Waals surface area contributed by atoms with E-state index < -0.39 is 28.5 Å². The lowest BCUT2D eigenvalue weighted by Crippen LogP contribution is -2.52. The third-order valence-corrected chi connectivity index (χ3v) is 8.20. The summed E-state index contributed by atoms with van der Waals surface area (Å²) in [5.74, 6) is -0.782. The zero-order valence-electron chi connectivity index (χ0n) is 21.9. The second kappa shape index (κ2) is 13.4. The van der Waals surface area contributed by atoms with Gasteiger partial charge in [-0.1, -0.05) is 85.6 Å². The topological polar surface area (TPSA) is 86.8 Å². The van der Waals surface area contributed by atoms with Crippen LogP contribution in [-0.4, -0.2) is 44.3 Å². The maximum Gasteiger partial charge on any atom is 0.264 e. The summed E-state index contributed by atoms with van der Waals surface area (Å²) in [7, 11) is -4.15. The van der Waals surface area contributed by atoms with E-state index in [0.29, 0.717) is 13.0 Å². The van der Waals surface area contributed by atoms with E-state index >= 15 is 0 Å². The number of nitrogens with one attached hydrogen (secondary N) is 1. The van der Waals surface area contributed by atoms with Gasteiger partial charge >= 0.3 is 0 Å². The van der Waals surface area contributed by atoms with Crippen molar-refractivity contribution in [3.05, 3.63) is 95.0 Å². The number of benzene rings is 3. The summed E-state index contributed by atoms with van der Waals surface area (Å²) in [6, 6.07) is 21.3. The van der Waals surface area contributed by atoms with E-state index in [4.69, 9.17) is 11.6 Å². The number of nitrogens with zero attached hydrogens (tertiary/aromatic N) is 2. The molecular weight excluding hydrogens is 522 g/mol. The number of hydrogen-bond acceptors (Lipinski definition) is 4. The number of hydrogen-bond donors (Lipinski definition) is 1. The van der Waals surface area contributed by atoms with Crippen molar-refractivity contribution in [3.8, 4) is 0 Å². The number of aryl methyl sites for hydroxylation is 1. The molecule has 1 unspecified atom stereocenters. The van der Waals surface area contributed by atoms with Crippen LogP contribution in [0.15, 0.2) is 83.8 Å². The fourth-order valence-electron chi connectivity index (χ4n) is 4.18. The lowest BCUT2D eigenvalue weighted by Gasteiger charge is -2.33. The Balaban J connectivity index is 2.05. The highest BCUT2D eigenvalue weighted by molar-refractivity contribution is 7.92. The third kappa shape index (κ3) is 7.14. The second-order valence-electron chi connectivity index (χ2n) is 9.00. The maximum absolute atomic E-state index is 14.0. The van der Waals surface area contributed by atoms with Crippen molar-refractivity contribution in [1.82, 2.24) is 10.2 Å².